The van der Waals surface area contributed by atoms with Gasteiger partial charge in [-0.1, -0.05) is 24.3 Å². The predicted molar refractivity (Wildman–Crippen MR) is 95.4 cm³/mol. The van der Waals surface area contributed by atoms with Crippen molar-refractivity contribution in [2.75, 3.05) is 6.54 Å². The molecular weight excluding hydrogens is 314 g/mol. The fourth-order valence-corrected chi connectivity index (χ4v) is 4.19. The molecule has 0 radical (unpaired) electrons. The summed E-state index contributed by atoms with van der Waals surface area (Å²) >= 11 is 0. The normalized spacial score (nSPS) is 19.1. The van der Waals surface area contributed by atoms with Gasteiger partial charge in [0.15, 0.2) is 0 Å². The number of hydrogen-bond acceptors (Lipinski definition) is 4. The molecule has 0 bridgehead atoms. The molecule has 0 fully saturated rings. The van der Waals surface area contributed by atoms with Crippen LogP contribution in [0.2, 0.25) is 0 Å². The molecule has 124 valence electrons. The highest BCUT2D eigenvalue weighted by molar-refractivity contribution is 5.79. The Morgan fingerprint density at radius 1 is 1.12 bits per heavy atom. The van der Waals surface area contributed by atoms with Gasteiger partial charge in [0.2, 0.25) is 0 Å². The maximum atomic E-state index is 11.2. The molecule has 5 nitrogen and oxygen atoms in total. The topological polar surface area (TPSA) is 59.3 Å². The number of nitro benzene ring substituents is 1. The van der Waals surface area contributed by atoms with E-state index in [9.17, 15) is 10.1 Å². The first kappa shape index (κ1) is 14.5. The molecular formula is C20H17N3O2. The molecule has 2 aromatic carbocycles. The van der Waals surface area contributed by atoms with E-state index >= 15 is 0 Å². The van der Waals surface area contributed by atoms with Crippen LogP contribution in [-0.4, -0.2) is 21.4 Å². The monoisotopic (exact) mass is 331 g/mol. The third-order valence-electron chi connectivity index (χ3n) is 5.46. The van der Waals surface area contributed by atoms with Gasteiger partial charge < -0.3 is 0 Å². The van der Waals surface area contributed by atoms with Crippen molar-refractivity contribution in [3.05, 3.63) is 81.0 Å². The molecule has 0 N–H and O–H groups in total. The van der Waals surface area contributed by atoms with E-state index < -0.39 is 0 Å². The van der Waals surface area contributed by atoms with Crippen molar-refractivity contribution in [3.63, 3.8) is 0 Å². The molecule has 25 heavy (non-hydrogen) atoms. The molecule has 5 rings (SSSR count). The molecule has 3 heterocycles. The summed E-state index contributed by atoms with van der Waals surface area (Å²) in [7, 11) is 0. The molecule has 5 heteroatoms. The Morgan fingerprint density at radius 2 is 2.00 bits per heavy atom. The first-order valence-electron chi connectivity index (χ1n) is 8.58. The van der Waals surface area contributed by atoms with Gasteiger partial charge in [-0.3, -0.25) is 20.0 Å². The number of benzene rings is 2. The van der Waals surface area contributed by atoms with Gasteiger partial charge in [-0.25, -0.2) is 0 Å². The molecule has 3 aromatic rings. The number of nitro groups is 1. The van der Waals surface area contributed by atoms with Crippen LogP contribution in [0.4, 0.5) is 5.69 Å². The third kappa shape index (κ3) is 2.31. The number of hydrogen-bond donors (Lipinski definition) is 0. The van der Waals surface area contributed by atoms with Crippen molar-refractivity contribution in [3.8, 4) is 0 Å². The van der Waals surface area contributed by atoms with E-state index in [0.717, 1.165) is 42.7 Å². The van der Waals surface area contributed by atoms with Crippen LogP contribution in [0.5, 0.6) is 0 Å². The lowest BCUT2D eigenvalue weighted by atomic mass is 9.85. The highest BCUT2D eigenvalue weighted by atomic mass is 16.6. The highest BCUT2D eigenvalue weighted by Gasteiger charge is 2.33. The Kier molecular flexibility index (Phi) is 3.12. The van der Waals surface area contributed by atoms with E-state index in [-0.39, 0.29) is 16.7 Å². The molecule has 0 spiro atoms. The Balaban J connectivity index is 1.60. The SMILES string of the molecule is O=[N+]([O-])c1ccc2c(c1)C1Cc3nc4ccccc4cc3CN1CC2. The van der Waals surface area contributed by atoms with Crippen LogP contribution in [0, 0.1) is 10.1 Å². The summed E-state index contributed by atoms with van der Waals surface area (Å²) in [6.07, 6.45) is 1.76. The number of fused-ring (bicyclic) bond motifs is 5. The maximum absolute atomic E-state index is 11.2. The molecule has 0 saturated heterocycles. The molecule has 1 atom stereocenters. The van der Waals surface area contributed by atoms with Gasteiger partial charge in [0, 0.05) is 48.8 Å². The van der Waals surface area contributed by atoms with Crippen molar-refractivity contribution in [2.45, 2.75) is 25.4 Å². The van der Waals surface area contributed by atoms with Crippen molar-refractivity contribution in [1.82, 2.24) is 9.88 Å². The van der Waals surface area contributed by atoms with Gasteiger partial charge in [-0.2, -0.15) is 0 Å². The zero-order chi connectivity index (χ0) is 17.0. The van der Waals surface area contributed by atoms with Crippen LogP contribution in [0.15, 0.2) is 48.5 Å². The number of para-hydroxylation sites is 1. The molecule has 0 amide bonds. The minimum absolute atomic E-state index is 0.179. The zero-order valence-corrected chi connectivity index (χ0v) is 13.7. The number of nitrogens with zero attached hydrogens (tertiary/aromatic N) is 3. The van der Waals surface area contributed by atoms with Gasteiger partial charge in [-0.05, 0) is 35.2 Å². The predicted octanol–water partition coefficient (Wildman–Crippen LogP) is 3.80. The second-order valence-corrected chi connectivity index (χ2v) is 6.87. The van der Waals surface area contributed by atoms with E-state index in [1.807, 2.05) is 24.3 Å². The maximum Gasteiger partial charge on any atom is 0.269 e. The smallest absolute Gasteiger partial charge is 0.269 e. The van der Waals surface area contributed by atoms with Crippen molar-refractivity contribution in [2.24, 2.45) is 0 Å². The number of pyridine rings is 1. The molecule has 1 unspecified atom stereocenters. The average Bonchev–Trinajstić information content (AvgIpc) is 2.64. The van der Waals surface area contributed by atoms with Crippen molar-refractivity contribution in [1.29, 1.82) is 0 Å². The second-order valence-electron chi connectivity index (χ2n) is 6.87. The quantitative estimate of drug-likeness (QED) is 0.503. The molecule has 0 aliphatic carbocycles. The van der Waals surface area contributed by atoms with Gasteiger partial charge in [0.25, 0.3) is 5.69 Å². The lowest BCUT2D eigenvalue weighted by Gasteiger charge is -2.41. The Bertz CT molecular complexity index is 1010. The van der Waals surface area contributed by atoms with Crippen molar-refractivity contribution < 1.29 is 4.92 Å². The first-order chi connectivity index (χ1) is 12.2. The molecule has 1 aromatic heterocycles. The third-order valence-corrected chi connectivity index (χ3v) is 5.46. The standard InChI is InChI=1S/C20H17N3O2/c24-23(25)16-6-5-13-7-8-22-12-15-9-14-3-1-2-4-18(14)21-19(15)11-20(22)17(13)10-16/h1-6,9-10,20H,7-8,11-12H2. The summed E-state index contributed by atoms with van der Waals surface area (Å²) in [5, 5.41) is 12.3. The van der Waals surface area contributed by atoms with Gasteiger partial charge in [-0.15, -0.1) is 0 Å². The Morgan fingerprint density at radius 3 is 2.88 bits per heavy atom. The van der Waals surface area contributed by atoms with Crippen LogP contribution in [0.25, 0.3) is 10.9 Å². The van der Waals surface area contributed by atoms with Gasteiger partial charge in [0.05, 0.1) is 10.4 Å². The van der Waals surface area contributed by atoms with Crippen LogP contribution in [-0.2, 0) is 19.4 Å². The summed E-state index contributed by atoms with van der Waals surface area (Å²) in [4.78, 5) is 18.2. The summed E-state index contributed by atoms with van der Waals surface area (Å²) < 4.78 is 0. The summed E-state index contributed by atoms with van der Waals surface area (Å²) in [5.41, 5.74) is 5.93. The number of rotatable bonds is 1. The lowest BCUT2D eigenvalue weighted by Crippen LogP contribution is -2.39. The second kappa shape index (κ2) is 5.36. The van der Waals surface area contributed by atoms with Gasteiger partial charge >= 0.3 is 0 Å². The zero-order valence-electron chi connectivity index (χ0n) is 13.7. The fraction of sp³-hybridized carbons (Fsp3) is 0.250. The molecule has 0 saturated carbocycles. The first-order valence-corrected chi connectivity index (χ1v) is 8.58. The largest absolute Gasteiger partial charge is 0.291 e. The molecule has 2 aliphatic rings. The minimum atomic E-state index is -0.304. The van der Waals surface area contributed by atoms with Crippen LogP contribution in [0.3, 0.4) is 0 Å². The lowest BCUT2D eigenvalue weighted by molar-refractivity contribution is -0.385. The van der Waals surface area contributed by atoms with Crippen LogP contribution < -0.4 is 0 Å². The van der Waals surface area contributed by atoms with E-state index in [0.29, 0.717) is 0 Å². The van der Waals surface area contributed by atoms with E-state index in [1.54, 1.807) is 12.1 Å². The van der Waals surface area contributed by atoms with E-state index in [2.05, 4.69) is 17.0 Å². The summed E-state index contributed by atoms with van der Waals surface area (Å²) in [6.45, 7) is 1.85. The highest BCUT2D eigenvalue weighted by Crippen LogP contribution is 2.39. The van der Waals surface area contributed by atoms with Gasteiger partial charge in [0.1, 0.15) is 0 Å². The summed E-state index contributed by atoms with van der Waals surface area (Å²) in [6, 6.07) is 15.9. The molecule has 2 aliphatic heterocycles. The minimum Gasteiger partial charge on any atom is -0.291 e. The van der Waals surface area contributed by atoms with Crippen LogP contribution in [0.1, 0.15) is 28.4 Å². The van der Waals surface area contributed by atoms with Crippen molar-refractivity contribution >= 4 is 16.6 Å². The number of aromatic nitrogens is 1. The van der Waals surface area contributed by atoms with E-state index in [1.165, 1.54) is 16.5 Å². The Hall–Kier alpha value is -2.79. The van der Waals surface area contributed by atoms with Crippen LogP contribution >= 0.6 is 0 Å². The van der Waals surface area contributed by atoms with E-state index in [4.69, 9.17) is 4.98 Å². The fourth-order valence-electron chi connectivity index (χ4n) is 4.19. The Labute approximate surface area is 145 Å². The number of non-ortho nitro benzene ring substituents is 1. The summed E-state index contributed by atoms with van der Waals surface area (Å²) in [5.74, 6) is 0. The average molecular weight is 331 g/mol.